The minimum atomic E-state index is -3.68. The van der Waals surface area contributed by atoms with E-state index >= 15 is 0 Å². The van der Waals surface area contributed by atoms with Crippen molar-refractivity contribution in [3.05, 3.63) is 47.3 Å². The van der Waals surface area contributed by atoms with E-state index in [9.17, 15) is 17.6 Å². The maximum atomic E-state index is 13.4. The fourth-order valence-corrected chi connectivity index (χ4v) is 4.43. The van der Waals surface area contributed by atoms with Crippen molar-refractivity contribution in [1.29, 1.82) is 5.26 Å². The number of nitriles is 1. The number of nitrogens with zero attached hydrogens (tertiary/aromatic N) is 2. The van der Waals surface area contributed by atoms with Crippen LogP contribution in [0.25, 0.3) is 22.4 Å². The second-order valence-electron chi connectivity index (χ2n) is 7.13. The molecule has 0 aliphatic carbocycles. The Kier molecular flexibility index (Phi) is 7.10. The first-order chi connectivity index (χ1) is 15.3. The lowest BCUT2D eigenvalue weighted by Crippen LogP contribution is -2.19. The van der Waals surface area contributed by atoms with Crippen molar-refractivity contribution in [2.45, 2.75) is 32.6 Å². The number of benzene rings is 1. The number of halogens is 1. The van der Waals surface area contributed by atoms with Crippen LogP contribution in [0.4, 0.5) is 10.2 Å². The van der Waals surface area contributed by atoms with Crippen LogP contribution in [0.1, 0.15) is 42.1 Å². The summed E-state index contributed by atoms with van der Waals surface area (Å²) in [4.78, 5) is 17.0. The molecule has 0 atom stereocenters. The molecule has 0 saturated heterocycles. The SMILES string of the molecule is CCc1cc2c(C(=O)NC)c(-c3ccc(F)cc3)oc2nc1NS(=O)(=O)CCCCC#N. The third-order valence-corrected chi connectivity index (χ3v) is 6.24. The van der Waals surface area contributed by atoms with Crippen molar-refractivity contribution in [3.63, 3.8) is 0 Å². The van der Waals surface area contributed by atoms with E-state index in [-0.39, 0.29) is 28.6 Å². The molecule has 0 aliphatic rings. The minimum absolute atomic E-state index is 0.0855. The van der Waals surface area contributed by atoms with Gasteiger partial charge in [0.15, 0.2) is 0 Å². The fourth-order valence-electron chi connectivity index (χ4n) is 3.27. The van der Waals surface area contributed by atoms with E-state index in [1.165, 1.54) is 31.3 Å². The summed E-state index contributed by atoms with van der Waals surface area (Å²) < 4.78 is 46.7. The van der Waals surface area contributed by atoms with Gasteiger partial charge in [-0.2, -0.15) is 10.2 Å². The molecule has 0 fully saturated rings. The van der Waals surface area contributed by atoms with Crippen LogP contribution in [0, 0.1) is 17.1 Å². The summed E-state index contributed by atoms with van der Waals surface area (Å²) in [7, 11) is -2.20. The van der Waals surface area contributed by atoms with Gasteiger partial charge < -0.3 is 9.73 Å². The summed E-state index contributed by atoms with van der Waals surface area (Å²) in [5.74, 6) is -0.629. The second-order valence-corrected chi connectivity index (χ2v) is 8.97. The first-order valence-corrected chi connectivity index (χ1v) is 11.8. The van der Waals surface area contributed by atoms with Crippen molar-refractivity contribution in [3.8, 4) is 17.4 Å². The predicted octanol–water partition coefficient (Wildman–Crippen LogP) is 3.99. The minimum Gasteiger partial charge on any atom is -0.437 e. The Hall–Kier alpha value is -3.45. The molecule has 0 spiro atoms. The highest BCUT2D eigenvalue weighted by molar-refractivity contribution is 7.92. The van der Waals surface area contributed by atoms with E-state index in [1.54, 1.807) is 6.07 Å². The van der Waals surface area contributed by atoms with Crippen molar-refractivity contribution in [2.24, 2.45) is 0 Å². The second kappa shape index (κ2) is 9.78. The molecule has 0 unspecified atom stereocenters. The molecule has 0 bridgehead atoms. The Morgan fingerprint density at radius 1 is 1.25 bits per heavy atom. The van der Waals surface area contributed by atoms with E-state index in [0.717, 1.165) is 0 Å². The third kappa shape index (κ3) is 5.06. The summed E-state index contributed by atoms with van der Waals surface area (Å²) in [6.07, 6.45) is 1.59. The molecular weight excluding hydrogens is 435 g/mol. The number of sulfonamides is 1. The predicted molar refractivity (Wildman–Crippen MR) is 119 cm³/mol. The lowest BCUT2D eigenvalue weighted by atomic mass is 10.0. The summed E-state index contributed by atoms with van der Waals surface area (Å²) >= 11 is 0. The fraction of sp³-hybridized carbons (Fsp3) is 0.318. The highest BCUT2D eigenvalue weighted by atomic mass is 32.2. The van der Waals surface area contributed by atoms with Crippen LogP contribution in [0.5, 0.6) is 0 Å². The lowest BCUT2D eigenvalue weighted by molar-refractivity contribution is 0.0964. The molecular formula is C22H23FN4O4S. The molecule has 1 amide bonds. The van der Waals surface area contributed by atoms with Gasteiger partial charge in [-0.3, -0.25) is 9.52 Å². The van der Waals surface area contributed by atoms with Crippen LogP contribution in [0.2, 0.25) is 0 Å². The number of aryl methyl sites for hydroxylation is 1. The Bertz CT molecular complexity index is 1280. The van der Waals surface area contributed by atoms with Crippen molar-refractivity contribution >= 4 is 32.8 Å². The number of hydrogen-bond acceptors (Lipinski definition) is 6. The molecule has 10 heteroatoms. The lowest BCUT2D eigenvalue weighted by Gasteiger charge is -2.10. The van der Waals surface area contributed by atoms with Gasteiger partial charge in [0, 0.05) is 19.0 Å². The van der Waals surface area contributed by atoms with Crippen molar-refractivity contribution in [2.75, 3.05) is 17.5 Å². The van der Waals surface area contributed by atoms with Crippen LogP contribution >= 0.6 is 0 Å². The number of amides is 1. The molecule has 1 aromatic carbocycles. The van der Waals surface area contributed by atoms with Gasteiger partial charge in [-0.15, -0.1) is 0 Å². The van der Waals surface area contributed by atoms with Crippen LogP contribution < -0.4 is 10.0 Å². The number of carbonyl (C=O) groups excluding carboxylic acids is 1. The highest BCUT2D eigenvalue weighted by Crippen LogP contribution is 2.35. The quantitative estimate of drug-likeness (QED) is 0.467. The number of aromatic nitrogens is 1. The zero-order valence-corrected chi connectivity index (χ0v) is 18.6. The number of rotatable bonds is 9. The van der Waals surface area contributed by atoms with Crippen molar-refractivity contribution < 1.29 is 22.0 Å². The standard InChI is InChI=1S/C22H23FN4O4S/c1-3-14-13-17-18(21(28)25-2)19(15-7-9-16(23)10-8-15)31-22(17)26-20(14)27-32(29,30)12-6-4-5-11-24/h7-10,13H,3-6,12H2,1-2H3,(H,25,28)(H,26,27). The first-order valence-electron chi connectivity index (χ1n) is 10.1. The van der Waals surface area contributed by atoms with Crippen LogP contribution in [-0.2, 0) is 16.4 Å². The Morgan fingerprint density at radius 2 is 1.97 bits per heavy atom. The molecule has 8 nitrogen and oxygen atoms in total. The number of furan rings is 1. The molecule has 0 saturated carbocycles. The van der Waals surface area contributed by atoms with E-state index in [4.69, 9.17) is 9.68 Å². The van der Waals surface area contributed by atoms with E-state index in [1.807, 2.05) is 13.0 Å². The van der Waals surface area contributed by atoms with Crippen LogP contribution in [0.3, 0.4) is 0 Å². The number of carbonyl (C=O) groups is 1. The van der Waals surface area contributed by atoms with Crippen molar-refractivity contribution in [1.82, 2.24) is 10.3 Å². The molecule has 32 heavy (non-hydrogen) atoms. The molecule has 168 valence electrons. The first kappa shape index (κ1) is 23.2. The maximum Gasteiger partial charge on any atom is 0.255 e. The number of pyridine rings is 1. The Morgan fingerprint density at radius 3 is 2.59 bits per heavy atom. The molecule has 2 aromatic heterocycles. The largest absolute Gasteiger partial charge is 0.437 e. The van der Waals surface area contributed by atoms with Gasteiger partial charge in [-0.05, 0) is 55.2 Å². The average molecular weight is 459 g/mol. The monoisotopic (exact) mass is 458 g/mol. The number of nitrogens with one attached hydrogen (secondary N) is 2. The summed E-state index contributed by atoms with van der Waals surface area (Å²) in [6, 6.07) is 9.16. The van der Waals surface area contributed by atoms with Gasteiger partial charge in [0.1, 0.15) is 17.4 Å². The van der Waals surface area contributed by atoms with E-state index in [2.05, 4.69) is 15.0 Å². The molecule has 0 radical (unpaired) electrons. The molecule has 2 heterocycles. The van der Waals surface area contributed by atoms with Crippen LogP contribution in [0.15, 0.2) is 34.7 Å². The van der Waals surface area contributed by atoms with Gasteiger partial charge in [-0.25, -0.2) is 12.8 Å². The number of hydrogen-bond donors (Lipinski definition) is 2. The smallest absolute Gasteiger partial charge is 0.255 e. The van der Waals surface area contributed by atoms with Gasteiger partial charge in [-0.1, -0.05) is 6.92 Å². The molecule has 2 N–H and O–H groups in total. The van der Waals surface area contributed by atoms with Gasteiger partial charge in [0.2, 0.25) is 15.7 Å². The molecule has 3 rings (SSSR count). The maximum absolute atomic E-state index is 13.4. The molecule has 0 aliphatic heterocycles. The normalized spacial score (nSPS) is 11.3. The van der Waals surface area contributed by atoms with Gasteiger partial charge in [0.25, 0.3) is 5.91 Å². The third-order valence-electron chi connectivity index (χ3n) is 4.91. The number of anilines is 1. The van der Waals surface area contributed by atoms with Crippen LogP contribution in [-0.4, -0.2) is 32.1 Å². The Labute approximate surface area is 185 Å². The number of unbranched alkanes of at least 4 members (excludes halogenated alkanes) is 2. The Balaban J connectivity index is 2.07. The van der Waals surface area contributed by atoms with E-state index < -0.39 is 21.7 Å². The zero-order valence-electron chi connectivity index (χ0n) is 17.7. The number of fused-ring (bicyclic) bond motifs is 1. The summed E-state index contributed by atoms with van der Waals surface area (Å²) in [6.45, 7) is 1.84. The van der Waals surface area contributed by atoms with Gasteiger partial charge in [0.05, 0.1) is 22.8 Å². The summed E-state index contributed by atoms with van der Waals surface area (Å²) in [5, 5.41) is 11.6. The zero-order chi connectivity index (χ0) is 23.3. The van der Waals surface area contributed by atoms with E-state index in [0.29, 0.717) is 42.2 Å². The summed E-state index contributed by atoms with van der Waals surface area (Å²) in [5.41, 5.74) is 1.40. The molecule has 3 aromatic rings. The highest BCUT2D eigenvalue weighted by Gasteiger charge is 2.24. The average Bonchev–Trinajstić information content (AvgIpc) is 3.14. The van der Waals surface area contributed by atoms with Gasteiger partial charge >= 0.3 is 0 Å². The topological polar surface area (TPSA) is 125 Å².